The van der Waals surface area contributed by atoms with Gasteiger partial charge >= 0.3 is 0 Å². The van der Waals surface area contributed by atoms with Crippen LogP contribution in [0.1, 0.15) is 5.56 Å². The van der Waals surface area contributed by atoms with Gasteiger partial charge in [0, 0.05) is 18.1 Å². The third kappa shape index (κ3) is 3.86. The summed E-state index contributed by atoms with van der Waals surface area (Å²) in [5.41, 5.74) is 1.43. The molecule has 0 aliphatic rings. The van der Waals surface area contributed by atoms with Crippen LogP contribution < -0.4 is 10.1 Å². The molecule has 136 valence electrons. The third-order valence-electron chi connectivity index (χ3n) is 3.66. The average molecular weight is 393 g/mol. The van der Waals surface area contributed by atoms with Gasteiger partial charge in [-0.1, -0.05) is 23.4 Å². The first-order valence-corrected chi connectivity index (χ1v) is 9.06. The van der Waals surface area contributed by atoms with E-state index in [2.05, 4.69) is 15.5 Å². The number of carbonyl (C=O) groups excluding carboxylic acids is 1. The molecule has 1 aromatic carbocycles. The van der Waals surface area contributed by atoms with Crippen LogP contribution in [0, 0.1) is 6.92 Å². The molecule has 7 nitrogen and oxygen atoms in total. The summed E-state index contributed by atoms with van der Waals surface area (Å²) in [6, 6.07) is 7.05. The number of thioether (sulfide) groups is 1. The first-order chi connectivity index (χ1) is 12.5. The summed E-state index contributed by atoms with van der Waals surface area (Å²) < 4.78 is 12.4. The topological polar surface area (TPSA) is 82.2 Å². The number of hydrogen-bond acceptors (Lipinski definition) is 6. The number of anilines is 1. The Balaban J connectivity index is 1.66. The lowest BCUT2D eigenvalue weighted by molar-refractivity contribution is -0.113. The third-order valence-corrected chi connectivity index (χ3v) is 5.09. The predicted octanol–water partition coefficient (Wildman–Crippen LogP) is 3.78. The van der Waals surface area contributed by atoms with Crippen LogP contribution in [0.3, 0.4) is 0 Å². The van der Waals surface area contributed by atoms with E-state index in [-0.39, 0.29) is 11.7 Å². The number of amides is 1. The first-order valence-electron chi connectivity index (χ1n) is 7.69. The van der Waals surface area contributed by atoms with E-state index >= 15 is 0 Å². The van der Waals surface area contributed by atoms with Gasteiger partial charge in [-0.15, -0.1) is 10.2 Å². The highest BCUT2D eigenvalue weighted by atomic mass is 35.5. The Hall–Kier alpha value is -2.45. The van der Waals surface area contributed by atoms with Gasteiger partial charge in [-0.25, -0.2) is 0 Å². The van der Waals surface area contributed by atoms with Crippen LogP contribution in [0.2, 0.25) is 5.02 Å². The fourth-order valence-electron chi connectivity index (χ4n) is 2.31. The van der Waals surface area contributed by atoms with Gasteiger partial charge in [0.15, 0.2) is 16.7 Å². The Morgan fingerprint density at radius 1 is 1.42 bits per heavy atom. The summed E-state index contributed by atoms with van der Waals surface area (Å²) in [4.78, 5) is 12.3. The molecule has 26 heavy (non-hydrogen) atoms. The first kappa shape index (κ1) is 18.3. The van der Waals surface area contributed by atoms with Crippen LogP contribution in [-0.2, 0) is 11.8 Å². The van der Waals surface area contributed by atoms with Crippen LogP contribution in [0.4, 0.5) is 5.69 Å². The second kappa shape index (κ2) is 7.84. The summed E-state index contributed by atoms with van der Waals surface area (Å²) in [5, 5.41) is 12.2. The molecule has 0 saturated carbocycles. The van der Waals surface area contributed by atoms with Gasteiger partial charge in [0.1, 0.15) is 5.75 Å². The molecule has 0 spiro atoms. The average Bonchev–Trinajstić information content (AvgIpc) is 3.26. The van der Waals surface area contributed by atoms with Crippen molar-refractivity contribution in [3.05, 3.63) is 41.1 Å². The lowest BCUT2D eigenvalue weighted by Gasteiger charge is -2.12. The number of hydrogen-bond donors (Lipinski definition) is 1. The molecule has 3 rings (SSSR count). The summed E-state index contributed by atoms with van der Waals surface area (Å²) in [6.45, 7) is 1.86. The number of rotatable bonds is 6. The van der Waals surface area contributed by atoms with Crippen molar-refractivity contribution in [1.29, 1.82) is 0 Å². The second-order valence-corrected chi connectivity index (χ2v) is 6.83. The number of aryl methyl sites for hydroxylation is 1. The minimum atomic E-state index is -0.183. The summed E-state index contributed by atoms with van der Waals surface area (Å²) >= 11 is 7.36. The van der Waals surface area contributed by atoms with E-state index in [0.717, 1.165) is 5.56 Å². The van der Waals surface area contributed by atoms with Crippen LogP contribution >= 0.6 is 23.4 Å². The molecular formula is C17H17ClN4O3S. The molecular weight excluding hydrogens is 376 g/mol. The van der Waals surface area contributed by atoms with Gasteiger partial charge in [0.25, 0.3) is 0 Å². The van der Waals surface area contributed by atoms with Crippen LogP contribution in [0.5, 0.6) is 5.75 Å². The Labute approximate surface area is 159 Å². The number of benzene rings is 1. The molecule has 0 unspecified atom stereocenters. The van der Waals surface area contributed by atoms with Gasteiger partial charge in [-0.2, -0.15) is 0 Å². The van der Waals surface area contributed by atoms with Crippen molar-refractivity contribution in [2.75, 3.05) is 18.2 Å². The second-order valence-electron chi connectivity index (χ2n) is 5.48. The van der Waals surface area contributed by atoms with Gasteiger partial charge in [0.2, 0.25) is 5.91 Å². The highest BCUT2D eigenvalue weighted by Gasteiger charge is 2.15. The normalized spacial score (nSPS) is 10.8. The Bertz CT molecular complexity index is 924. The van der Waals surface area contributed by atoms with E-state index in [9.17, 15) is 4.79 Å². The van der Waals surface area contributed by atoms with Crippen LogP contribution in [-0.4, -0.2) is 33.5 Å². The molecule has 9 heteroatoms. The maximum Gasteiger partial charge on any atom is 0.234 e. The molecule has 0 aliphatic heterocycles. The zero-order valence-electron chi connectivity index (χ0n) is 14.4. The fraction of sp³-hybridized carbons (Fsp3) is 0.235. The van der Waals surface area contributed by atoms with E-state index in [4.69, 9.17) is 20.8 Å². The van der Waals surface area contributed by atoms with Gasteiger partial charge in [-0.3, -0.25) is 4.79 Å². The van der Waals surface area contributed by atoms with Crippen LogP contribution in [0.25, 0.3) is 11.6 Å². The number of nitrogens with zero attached hydrogens (tertiary/aromatic N) is 3. The molecule has 0 fully saturated rings. The number of ether oxygens (including phenoxy) is 1. The minimum Gasteiger partial charge on any atom is -0.495 e. The fourth-order valence-corrected chi connectivity index (χ4v) is 3.17. The zero-order valence-corrected chi connectivity index (χ0v) is 16.0. The molecule has 3 aromatic rings. The number of furan rings is 1. The largest absolute Gasteiger partial charge is 0.495 e. The highest BCUT2D eigenvalue weighted by molar-refractivity contribution is 7.99. The molecule has 1 N–H and O–H groups in total. The zero-order chi connectivity index (χ0) is 18.7. The maximum atomic E-state index is 12.3. The number of aromatic nitrogens is 3. The summed E-state index contributed by atoms with van der Waals surface area (Å²) in [6.07, 6.45) is 1.58. The number of halogens is 1. The lowest BCUT2D eigenvalue weighted by Crippen LogP contribution is -2.15. The minimum absolute atomic E-state index is 0.176. The van der Waals surface area contributed by atoms with E-state index in [0.29, 0.717) is 33.2 Å². The number of methoxy groups -OCH3 is 1. The highest BCUT2D eigenvalue weighted by Crippen LogP contribution is 2.31. The Kier molecular flexibility index (Phi) is 5.53. The van der Waals surface area contributed by atoms with Crippen LogP contribution in [0.15, 0.2) is 40.1 Å². The van der Waals surface area contributed by atoms with Gasteiger partial charge in [0.05, 0.1) is 24.8 Å². The molecule has 0 atom stereocenters. The molecule has 0 aliphatic carbocycles. The smallest absolute Gasteiger partial charge is 0.234 e. The molecule has 0 radical (unpaired) electrons. The molecule has 2 aromatic heterocycles. The Morgan fingerprint density at radius 3 is 2.92 bits per heavy atom. The summed E-state index contributed by atoms with van der Waals surface area (Å²) in [5.74, 6) is 1.73. The van der Waals surface area contributed by atoms with Crippen molar-refractivity contribution in [2.45, 2.75) is 12.1 Å². The lowest BCUT2D eigenvalue weighted by atomic mass is 10.2. The molecule has 2 heterocycles. The van der Waals surface area contributed by atoms with Gasteiger partial charge in [-0.05, 0) is 30.7 Å². The van der Waals surface area contributed by atoms with Crippen molar-refractivity contribution in [2.24, 2.45) is 7.05 Å². The van der Waals surface area contributed by atoms with Gasteiger partial charge < -0.3 is 19.0 Å². The predicted molar refractivity (Wildman–Crippen MR) is 101 cm³/mol. The monoisotopic (exact) mass is 392 g/mol. The number of nitrogens with one attached hydrogen (secondary N) is 1. The van der Waals surface area contributed by atoms with Crippen molar-refractivity contribution in [3.8, 4) is 17.3 Å². The van der Waals surface area contributed by atoms with E-state index in [1.54, 1.807) is 35.1 Å². The SMILES string of the molecule is COc1cc(Cl)c(C)cc1NC(=O)CSc1nnc(-c2ccco2)n1C. The van der Waals surface area contributed by atoms with Crippen molar-refractivity contribution in [3.63, 3.8) is 0 Å². The van der Waals surface area contributed by atoms with Crippen molar-refractivity contribution < 1.29 is 13.9 Å². The molecule has 1 amide bonds. The number of carbonyl (C=O) groups is 1. The van der Waals surface area contributed by atoms with E-state index in [1.807, 2.05) is 14.0 Å². The standard InChI is InChI=1S/C17H17ClN4O3S/c1-10-7-12(14(24-3)8-11(10)18)19-15(23)9-26-17-21-20-16(22(17)2)13-5-4-6-25-13/h4-8H,9H2,1-3H3,(H,19,23). The quantitative estimate of drug-likeness (QED) is 0.643. The van der Waals surface area contributed by atoms with Crippen molar-refractivity contribution in [1.82, 2.24) is 14.8 Å². The van der Waals surface area contributed by atoms with E-state index < -0.39 is 0 Å². The maximum absolute atomic E-state index is 12.3. The Morgan fingerprint density at radius 2 is 2.23 bits per heavy atom. The summed E-state index contributed by atoms with van der Waals surface area (Å²) in [7, 11) is 3.35. The molecule has 0 bridgehead atoms. The van der Waals surface area contributed by atoms with E-state index in [1.165, 1.54) is 18.9 Å². The van der Waals surface area contributed by atoms with Crippen molar-refractivity contribution >= 4 is 35.0 Å². The molecule has 0 saturated heterocycles.